The van der Waals surface area contributed by atoms with Crippen molar-refractivity contribution in [2.75, 3.05) is 12.3 Å². The van der Waals surface area contributed by atoms with E-state index in [4.69, 9.17) is 9.47 Å². The van der Waals surface area contributed by atoms with Gasteiger partial charge in [0.2, 0.25) is 6.10 Å². The highest BCUT2D eigenvalue weighted by Gasteiger charge is 2.33. The van der Waals surface area contributed by atoms with E-state index in [1.165, 1.54) is 5.56 Å². The molecule has 0 saturated carbocycles. The van der Waals surface area contributed by atoms with Gasteiger partial charge in [-0.25, -0.2) is 0 Å². The van der Waals surface area contributed by atoms with E-state index in [1.807, 2.05) is 43.0 Å². The summed E-state index contributed by atoms with van der Waals surface area (Å²) < 4.78 is 11.5. The SMILES string of the molecule is C[C@H]1Oc2ccccc2O[C@H]1C(=O)NCCSCc1ccsc1. The number of amides is 1. The molecule has 23 heavy (non-hydrogen) atoms. The first kappa shape index (κ1) is 16.2. The highest BCUT2D eigenvalue weighted by molar-refractivity contribution is 7.98. The van der Waals surface area contributed by atoms with Crippen molar-refractivity contribution in [3.63, 3.8) is 0 Å². The summed E-state index contributed by atoms with van der Waals surface area (Å²) in [6.45, 7) is 2.48. The molecule has 0 fully saturated rings. The Morgan fingerprint density at radius 2 is 2.04 bits per heavy atom. The Bertz CT molecular complexity index is 645. The quantitative estimate of drug-likeness (QED) is 0.813. The second-order valence-electron chi connectivity index (χ2n) is 5.28. The molecule has 0 aliphatic carbocycles. The number of carbonyl (C=O) groups excluding carboxylic acids is 1. The summed E-state index contributed by atoms with van der Waals surface area (Å²) in [4.78, 5) is 12.3. The highest BCUT2D eigenvalue weighted by Crippen LogP contribution is 2.33. The van der Waals surface area contributed by atoms with Gasteiger partial charge in [-0.1, -0.05) is 12.1 Å². The summed E-state index contributed by atoms with van der Waals surface area (Å²) in [5, 5.41) is 7.16. The molecule has 2 aromatic rings. The van der Waals surface area contributed by atoms with Crippen LogP contribution in [0.5, 0.6) is 11.5 Å². The molecule has 0 unspecified atom stereocenters. The summed E-state index contributed by atoms with van der Waals surface area (Å²) in [5.41, 5.74) is 1.33. The fourth-order valence-electron chi connectivity index (χ4n) is 2.32. The molecule has 1 aliphatic heterocycles. The van der Waals surface area contributed by atoms with Crippen molar-refractivity contribution < 1.29 is 14.3 Å². The number of para-hydroxylation sites is 2. The van der Waals surface area contributed by atoms with Crippen molar-refractivity contribution in [3.05, 3.63) is 46.7 Å². The van der Waals surface area contributed by atoms with Crippen molar-refractivity contribution in [1.29, 1.82) is 0 Å². The lowest BCUT2D eigenvalue weighted by atomic mass is 10.1. The van der Waals surface area contributed by atoms with Crippen molar-refractivity contribution in [3.8, 4) is 11.5 Å². The molecule has 122 valence electrons. The zero-order chi connectivity index (χ0) is 16.1. The van der Waals surface area contributed by atoms with E-state index >= 15 is 0 Å². The Kier molecular flexibility index (Phi) is 5.46. The van der Waals surface area contributed by atoms with Crippen molar-refractivity contribution in [1.82, 2.24) is 5.32 Å². The molecular formula is C17H19NO3S2. The first-order valence-corrected chi connectivity index (χ1v) is 9.62. The van der Waals surface area contributed by atoms with Crippen LogP contribution in [0.4, 0.5) is 0 Å². The lowest BCUT2D eigenvalue weighted by molar-refractivity contribution is -0.133. The Balaban J connectivity index is 1.43. The van der Waals surface area contributed by atoms with Gasteiger partial charge in [0.25, 0.3) is 5.91 Å². The van der Waals surface area contributed by atoms with Crippen LogP contribution in [0.2, 0.25) is 0 Å². The van der Waals surface area contributed by atoms with Crippen LogP contribution in [0.25, 0.3) is 0 Å². The van der Waals surface area contributed by atoms with Crippen molar-refractivity contribution in [2.45, 2.75) is 24.9 Å². The minimum atomic E-state index is -0.605. The molecule has 1 aliphatic rings. The maximum Gasteiger partial charge on any atom is 0.265 e. The van der Waals surface area contributed by atoms with Crippen LogP contribution >= 0.6 is 23.1 Å². The normalized spacial score (nSPS) is 19.3. The summed E-state index contributed by atoms with van der Waals surface area (Å²) >= 11 is 3.52. The minimum absolute atomic E-state index is 0.122. The number of rotatable bonds is 6. The second kappa shape index (κ2) is 7.75. The van der Waals surface area contributed by atoms with Gasteiger partial charge in [0.1, 0.15) is 6.10 Å². The first-order chi connectivity index (χ1) is 11.2. The fourth-order valence-corrected chi connectivity index (χ4v) is 3.90. The van der Waals surface area contributed by atoms with Gasteiger partial charge in [0, 0.05) is 18.1 Å². The standard InChI is InChI=1S/C17H19NO3S2/c1-12-16(21-15-5-3-2-4-14(15)20-12)17(19)18-7-9-23-11-13-6-8-22-10-13/h2-6,8,10,12,16H,7,9,11H2,1H3,(H,18,19)/t12-,16-/m1/s1. The Labute approximate surface area is 144 Å². The average molecular weight is 349 g/mol. The first-order valence-electron chi connectivity index (χ1n) is 7.53. The van der Waals surface area contributed by atoms with E-state index in [2.05, 4.69) is 22.1 Å². The van der Waals surface area contributed by atoms with Crippen LogP contribution in [-0.4, -0.2) is 30.4 Å². The molecular weight excluding hydrogens is 330 g/mol. The third-order valence-corrected chi connectivity index (χ3v) is 5.26. The molecule has 2 atom stereocenters. The highest BCUT2D eigenvalue weighted by atomic mass is 32.2. The van der Waals surface area contributed by atoms with Gasteiger partial charge >= 0.3 is 0 Å². The molecule has 1 aromatic carbocycles. The molecule has 3 rings (SSSR count). The monoisotopic (exact) mass is 349 g/mol. The summed E-state index contributed by atoms with van der Waals surface area (Å²) in [5.74, 6) is 3.04. The van der Waals surface area contributed by atoms with E-state index < -0.39 is 6.10 Å². The molecule has 1 amide bonds. The number of thioether (sulfide) groups is 1. The van der Waals surface area contributed by atoms with Crippen LogP contribution in [0.1, 0.15) is 12.5 Å². The predicted octanol–water partition coefficient (Wildman–Crippen LogP) is 3.33. The second-order valence-corrected chi connectivity index (χ2v) is 7.17. The van der Waals surface area contributed by atoms with Gasteiger partial charge in [-0.3, -0.25) is 4.79 Å². The average Bonchev–Trinajstić information content (AvgIpc) is 3.07. The smallest absolute Gasteiger partial charge is 0.265 e. The zero-order valence-corrected chi connectivity index (χ0v) is 14.5. The third-order valence-electron chi connectivity index (χ3n) is 3.50. The number of benzene rings is 1. The van der Waals surface area contributed by atoms with Crippen LogP contribution in [0, 0.1) is 0 Å². The molecule has 0 saturated heterocycles. The number of carbonyl (C=O) groups is 1. The Hall–Kier alpha value is -1.66. The summed E-state index contributed by atoms with van der Waals surface area (Å²) in [6, 6.07) is 9.55. The van der Waals surface area contributed by atoms with Gasteiger partial charge in [0.05, 0.1) is 0 Å². The third kappa shape index (κ3) is 4.20. The largest absolute Gasteiger partial charge is 0.482 e. The summed E-state index contributed by atoms with van der Waals surface area (Å²) in [6.07, 6.45) is -0.907. The topological polar surface area (TPSA) is 47.6 Å². The zero-order valence-electron chi connectivity index (χ0n) is 12.9. The molecule has 0 bridgehead atoms. The van der Waals surface area contributed by atoms with E-state index in [0.29, 0.717) is 18.0 Å². The summed E-state index contributed by atoms with van der Waals surface area (Å²) in [7, 11) is 0. The van der Waals surface area contributed by atoms with Gasteiger partial charge in [0.15, 0.2) is 11.5 Å². The maximum atomic E-state index is 12.3. The maximum absolute atomic E-state index is 12.3. The Morgan fingerprint density at radius 1 is 1.26 bits per heavy atom. The number of hydrogen-bond donors (Lipinski definition) is 1. The van der Waals surface area contributed by atoms with E-state index in [9.17, 15) is 4.79 Å². The molecule has 4 nitrogen and oxygen atoms in total. The predicted molar refractivity (Wildman–Crippen MR) is 94.4 cm³/mol. The van der Waals surface area contributed by atoms with E-state index in [-0.39, 0.29) is 12.0 Å². The van der Waals surface area contributed by atoms with Crippen LogP contribution in [0.15, 0.2) is 41.1 Å². The molecule has 0 spiro atoms. The van der Waals surface area contributed by atoms with E-state index in [1.54, 1.807) is 11.3 Å². The number of ether oxygens (including phenoxy) is 2. The fraction of sp³-hybridized carbons (Fsp3) is 0.353. The van der Waals surface area contributed by atoms with Gasteiger partial charge in [-0.15, -0.1) is 0 Å². The molecule has 6 heteroatoms. The van der Waals surface area contributed by atoms with Crippen LogP contribution in [0.3, 0.4) is 0 Å². The lowest BCUT2D eigenvalue weighted by Gasteiger charge is -2.31. The molecule has 0 radical (unpaired) electrons. The van der Waals surface area contributed by atoms with Crippen molar-refractivity contribution >= 4 is 29.0 Å². The van der Waals surface area contributed by atoms with Crippen LogP contribution in [-0.2, 0) is 10.5 Å². The number of thiophene rings is 1. The molecule has 1 aromatic heterocycles. The lowest BCUT2D eigenvalue weighted by Crippen LogP contribution is -2.49. The number of fused-ring (bicyclic) bond motifs is 1. The van der Waals surface area contributed by atoms with Gasteiger partial charge in [-0.2, -0.15) is 23.1 Å². The minimum Gasteiger partial charge on any atom is -0.482 e. The molecule has 1 N–H and O–H groups in total. The van der Waals surface area contributed by atoms with Gasteiger partial charge in [-0.05, 0) is 41.4 Å². The number of hydrogen-bond acceptors (Lipinski definition) is 5. The molecule has 2 heterocycles. The van der Waals surface area contributed by atoms with Gasteiger partial charge < -0.3 is 14.8 Å². The Morgan fingerprint density at radius 3 is 2.78 bits per heavy atom. The number of nitrogens with one attached hydrogen (secondary N) is 1. The van der Waals surface area contributed by atoms with Crippen LogP contribution < -0.4 is 14.8 Å². The van der Waals surface area contributed by atoms with E-state index in [0.717, 1.165) is 11.5 Å². The van der Waals surface area contributed by atoms with Crippen molar-refractivity contribution in [2.24, 2.45) is 0 Å².